The molecule has 0 saturated carbocycles. The van der Waals surface area contributed by atoms with Gasteiger partial charge in [-0.05, 0) is 125 Å². The maximum Gasteiger partial charge on any atom is 0.251 e. The van der Waals surface area contributed by atoms with Crippen molar-refractivity contribution < 1.29 is 86.9 Å². The van der Waals surface area contributed by atoms with Gasteiger partial charge in [0.25, 0.3) is 5.91 Å². The van der Waals surface area contributed by atoms with E-state index in [1.807, 2.05) is 0 Å². The second kappa shape index (κ2) is 52.2. The van der Waals surface area contributed by atoms with E-state index in [2.05, 4.69) is 79.8 Å². The number of hydrogen-bond acceptors (Lipinski definition) is 22. The molecule has 36 N–H and O–H groups in total. The van der Waals surface area contributed by atoms with Gasteiger partial charge in [-0.3, -0.25) is 92.9 Å². The largest absolute Gasteiger partial charge is 0.508 e. The first-order valence-corrected chi connectivity index (χ1v) is 38.7. The molecule has 0 bridgehead atoms. The Morgan fingerprint density at radius 1 is 0.381 bits per heavy atom. The predicted octanol–water partition coefficient (Wildman–Crippen LogP) is -7.25. The number of guanidine groups is 3. The summed E-state index contributed by atoms with van der Waals surface area (Å²) in [6.07, 6.45) is -4.85. The molecule has 0 aliphatic carbocycles. The van der Waals surface area contributed by atoms with Crippen LogP contribution in [0.2, 0.25) is 0 Å². The number of rotatable bonds is 55. The maximum atomic E-state index is 14.6. The second-order valence-corrected chi connectivity index (χ2v) is 29.1. The number of phenolic OH excluding ortho intramolecular Hbond substituents is 1. The standard InChI is InChI=1S/C74H122N26O18/c1-9-37(5)56(98-66(113)49(26-28-54(77)104)90-60(107)39(7)89-62(109)45(14-11-29-86-72(80)81)91-61(108)43-21-17-42(35-75)18-22-43)69(116)97-52(34-55(78)105)67(114)96-51(32-36(3)4)68(115)99-57(38(6)10-2)70(117)100-58(40(8)101)71(118)94-47(16-13-31-88-74(84)85)63(110)93-48(25-27-53(76)103)65(112)92-46(15-12-30-87-73(82)83)64(111)95-50(59(79)106)33-41-19-23-44(102)24-20-41/h17-24,36-40,45-52,56-58,101-102H,9-16,25-35,75H2,1-8H3,(H2,76,103)(H2,77,104)(H2,78,105)(H2,79,106)(H,89,109)(H,90,107)(H,91,108)(H,92,112)(H,93,110)(H,94,118)(H,95,111)(H,96,114)(H,97,116)(H,98,113)(H,99,115)(H,100,117)(H4,80,81,86)(H4,82,83,87)(H4,84,85,88)/t37-,38-,39-,40+,45-,46-,47-,48-,49-,50-,51-,52-,56-,57-,58-/m0/s1. The number of nitrogens with one attached hydrogen (secondary N) is 18. The molecule has 0 aliphatic rings. The van der Waals surface area contributed by atoms with Crippen LogP contribution in [0.15, 0.2) is 48.5 Å². The van der Waals surface area contributed by atoms with Gasteiger partial charge in [-0.2, -0.15) is 0 Å². The molecule has 15 atom stereocenters. The van der Waals surface area contributed by atoms with Crippen molar-refractivity contribution in [2.45, 2.75) is 237 Å². The van der Waals surface area contributed by atoms with E-state index in [1.54, 1.807) is 46.8 Å². The van der Waals surface area contributed by atoms with Crippen molar-refractivity contribution in [3.05, 3.63) is 65.2 Å². The Morgan fingerprint density at radius 3 is 1.12 bits per heavy atom. The molecule has 44 heteroatoms. The molecule has 656 valence electrons. The summed E-state index contributed by atoms with van der Waals surface area (Å²) in [4.78, 5) is 221. The van der Waals surface area contributed by atoms with Crippen molar-refractivity contribution in [2.24, 2.45) is 63.6 Å². The van der Waals surface area contributed by atoms with E-state index in [-0.39, 0.29) is 108 Å². The molecule has 2 aromatic carbocycles. The molecule has 0 spiro atoms. The molecular weight excluding hydrogens is 1540 g/mol. The van der Waals surface area contributed by atoms with E-state index in [9.17, 15) is 86.9 Å². The average molecular weight is 1660 g/mol. The maximum absolute atomic E-state index is 14.6. The molecule has 0 aromatic heterocycles. The highest BCUT2D eigenvalue weighted by atomic mass is 16.3. The molecule has 0 saturated heterocycles. The molecule has 44 nitrogen and oxygen atoms in total. The average Bonchev–Trinajstić information content (AvgIpc) is 0.847. The van der Waals surface area contributed by atoms with Gasteiger partial charge in [0, 0.05) is 51.0 Å². The highest BCUT2D eigenvalue weighted by Crippen LogP contribution is 2.17. The Labute approximate surface area is 683 Å². The molecule has 16 amide bonds. The molecule has 2 rings (SSSR count). The summed E-state index contributed by atoms with van der Waals surface area (Å²) in [5.41, 5.74) is 45.7. The summed E-state index contributed by atoms with van der Waals surface area (Å²) < 4.78 is 0. The SMILES string of the molecule is CC[C@H](C)[C@H](NC(=O)[C@H](CCC(N)=O)NC(=O)[C@H](C)NC(=O)[C@H](CCCNC(=N)N)NC(=O)c1ccc(CN)cc1)C(=O)N[C@@H](CC(N)=O)C(=O)N[C@@H](CC(C)C)C(=O)N[C@H](C(=O)N[C@H](C(=O)N[C@@H](CCCNC(=N)N)C(=O)N[C@@H](CCC(N)=O)C(=O)N[C@@H](CCCNC(=N)N)C(=O)N[C@@H](Cc1ccc(O)cc1)C(N)=O)[C@@H](C)O)[C@@H](C)CC. The lowest BCUT2D eigenvalue weighted by Crippen LogP contribution is -2.63. The quantitative estimate of drug-likeness (QED) is 0.0166. The van der Waals surface area contributed by atoms with Crippen LogP contribution >= 0.6 is 0 Å². The fourth-order valence-corrected chi connectivity index (χ4v) is 11.6. The van der Waals surface area contributed by atoms with Crippen molar-refractivity contribution in [1.29, 1.82) is 16.2 Å². The van der Waals surface area contributed by atoms with Crippen molar-refractivity contribution >= 4 is 112 Å². The van der Waals surface area contributed by atoms with E-state index >= 15 is 0 Å². The lowest BCUT2D eigenvalue weighted by Gasteiger charge is -2.31. The van der Waals surface area contributed by atoms with Gasteiger partial charge in [-0.1, -0.05) is 78.6 Å². The molecule has 0 unspecified atom stereocenters. The molecule has 0 heterocycles. The summed E-state index contributed by atoms with van der Waals surface area (Å²) >= 11 is 0. The van der Waals surface area contributed by atoms with Crippen molar-refractivity contribution in [3.8, 4) is 5.75 Å². The van der Waals surface area contributed by atoms with Crippen LogP contribution < -0.4 is 126 Å². The minimum atomic E-state index is -1.93. The molecule has 0 fully saturated rings. The van der Waals surface area contributed by atoms with Crippen LogP contribution in [0, 0.1) is 34.0 Å². The Kier molecular flexibility index (Phi) is 44.9. The number of aromatic hydroxyl groups is 1. The number of aliphatic hydroxyl groups is 1. The van der Waals surface area contributed by atoms with Crippen LogP contribution in [0.4, 0.5) is 0 Å². The van der Waals surface area contributed by atoms with E-state index < -0.39 is 235 Å². The summed E-state index contributed by atoms with van der Waals surface area (Å²) in [5, 5.41) is 81.3. The lowest BCUT2D eigenvalue weighted by atomic mass is 9.95. The van der Waals surface area contributed by atoms with Crippen LogP contribution in [0.25, 0.3) is 0 Å². The van der Waals surface area contributed by atoms with Crippen molar-refractivity contribution in [3.63, 3.8) is 0 Å². The topological polar surface area (TPSA) is 774 Å². The van der Waals surface area contributed by atoms with Gasteiger partial charge in [0.05, 0.1) is 12.5 Å². The number of aliphatic hydroxyl groups excluding tert-OH is 1. The Morgan fingerprint density at radius 2 is 0.720 bits per heavy atom. The fourth-order valence-electron chi connectivity index (χ4n) is 11.6. The summed E-state index contributed by atoms with van der Waals surface area (Å²) in [5.74, 6) is -19.4. The number of primary amides is 4. The number of hydrogen-bond donors (Lipinski definition) is 28. The van der Waals surface area contributed by atoms with Gasteiger partial charge in [0.15, 0.2) is 17.9 Å². The second-order valence-electron chi connectivity index (χ2n) is 29.1. The summed E-state index contributed by atoms with van der Waals surface area (Å²) in [6.45, 7) is 12.4. The van der Waals surface area contributed by atoms with Gasteiger partial charge < -0.3 is 136 Å². The first-order valence-electron chi connectivity index (χ1n) is 38.7. The minimum Gasteiger partial charge on any atom is -0.508 e. The molecule has 0 radical (unpaired) electrons. The highest BCUT2D eigenvalue weighted by molar-refractivity contribution is 6.02. The van der Waals surface area contributed by atoms with E-state index in [4.69, 9.17) is 62.1 Å². The summed E-state index contributed by atoms with van der Waals surface area (Å²) in [6, 6.07) is -7.17. The van der Waals surface area contributed by atoms with Crippen LogP contribution in [-0.4, -0.2) is 221 Å². The van der Waals surface area contributed by atoms with Gasteiger partial charge in [0.2, 0.25) is 88.6 Å². The number of nitrogens with two attached hydrogens (primary N) is 8. The Balaban J connectivity index is 2.51. The van der Waals surface area contributed by atoms with Gasteiger partial charge >= 0.3 is 0 Å². The normalized spacial score (nSPS) is 14.8. The van der Waals surface area contributed by atoms with E-state index in [0.717, 1.165) is 12.5 Å². The number of benzene rings is 2. The zero-order valence-corrected chi connectivity index (χ0v) is 67.8. The molecule has 2 aromatic rings. The van der Waals surface area contributed by atoms with Gasteiger partial charge in [0.1, 0.15) is 78.3 Å². The zero-order chi connectivity index (χ0) is 89.2. The third-order valence-corrected chi connectivity index (χ3v) is 18.7. The third kappa shape index (κ3) is 38.3. The Bertz CT molecular complexity index is 3790. The first-order chi connectivity index (χ1) is 55.4. The third-order valence-electron chi connectivity index (χ3n) is 18.7. The van der Waals surface area contributed by atoms with Crippen LogP contribution in [0.1, 0.15) is 167 Å². The zero-order valence-electron chi connectivity index (χ0n) is 67.8. The summed E-state index contributed by atoms with van der Waals surface area (Å²) in [7, 11) is 0. The highest BCUT2D eigenvalue weighted by Gasteiger charge is 2.40. The van der Waals surface area contributed by atoms with Gasteiger partial charge in [-0.25, -0.2) is 0 Å². The van der Waals surface area contributed by atoms with E-state index in [0.29, 0.717) is 5.56 Å². The van der Waals surface area contributed by atoms with Crippen LogP contribution in [0.3, 0.4) is 0 Å². The van der Waals surface area contributed by atoms with Crippen molar-refractivity contribution in [1.82, 2.24) is 79.8 Å². The number of phenols is 1. The molecular formula is C74H122N26O18. The number of amides is 16. The van der Waals surface area contributed by atoms with Crippen molar-refractivity contribution in [2.75, 3.05) is 19.6 Å². The van der Waals surface area contributed by atoms with E-state index in [1.165, 1.54) is 50.2 Å². The predicted molar refractivity (Wildman–Crippen MR) is 432 cm³/mol. The van der Waals surface area contributed by atoms with Crippen LogP contribution in [-0.2, 0) is 84.9 Å². The number of carbonyl (C=O) groups excluding carboxylic acids is 16. The fraction of sp³-hybridized carbons (Fsp3) is 0.581. The van der Waals surface area contributed by atoms with Gasteiger partial charge in [-0.15, -0.1) is 0 Å². The Hall–Kier alpha value is -12.5. The number of carbonyl (C=O) groups is 16. The van der Waals surface area contributed by atoms with Crippen LogP contribution in [0.5, 0.6) is 5.75 Å². The monoisotopic (exact) mass is 1660 g/mol. The first kappa shape index (κ1) is 102. The molecule has 0 aliphatic heterocycles. The lowest BCUT2D eigenvalue weighted by molar-refractivity contribution is -0.138. The molecule has 118 heavy (non-hydrogen) atoms. The minimum absolute atomic E-state index is 0.00850. The smallest absolute Gasteiger partial charge is 0.251 e.